The molecule has 0 radical (unpaired) electrons. The maximum Gasteiger partial charge on any atom is 0.274 e. The Morgan fingerprint density at radius 1 is 1.17 bits per heavy atom. The van der Waals surface area contributed by atoms with Crippen LogP contribution in [0.2, 0.25) is 0 Å². The largest absolute Gasteiger partial charge is 0.343 e. The van der Waals surface area contributed by atoms with Crippen LogP contribution in [0.3, 0.4) is 0 Å². The molecule has 1 aromatic heterocycles. The molecule has 2 aromatic rings. The highest BCUT2D eigenvalue weighted by Gasteiger charge is 2.29. The molecule has 0 fully saturated rings. The number of benzene rings is 1. The van der Waals surface area contributed by atoms with Gasteiger partial charge >= 0.3 is 0 Å². The average Bonchev–Trinajstić information content (AvgIpc) is 2.97. The number of nitrogens with zero attached hydrogens (tertiary/aromatic N) is 1. The van der Waals surface area contributed by atoms with Crippen LogP contribution in [0.1, 0.15) is 58.2 Å². The number of carbonyl (C=O) groups excluding carboxylic acids is 2. The van der Waals surface area contributed by atoms with Crippen molar-refractivity contribution >= 4 is 23.2 Å². The topological polar surface area (TPSA) is 91.3 Å². The predicted molar refractivity (Wildman–Crippen MR) is 92.2 cm³/mol. The van der Waals surface area contributed by atoms with Crippen molar-refractivity contribution in [2.75, 3.05) is 0 Å². The molecule has 2 amide bonds. The number of hydrogen-bond donors (Lipinski definition) is 3. The third kappa shape index (κ3) is 4.18. The second kappa shape index (κ2) is 7.11. The molecule has 6 nitrogen and oxygen atoms in total. The van der Waals surface area contributed by atoms with Gasteiger partial charge < -0.3 is 5.32 Å². The van der Waals surface area contributed by atoms with Crippen LogP contribution in [-0.4, -0.2) is 22.0 Å². The van der Waals surface area contributed by atoms with Gasteiger partial charge in [-0.25, -0.2) is 10.5 Å². The predicted octanol–water partition coefficient (Wildman–Crippen LogP) is 3.09. The first-order valence-electron chi connectivity index (χ1n) is 7.49. The van der Waals surface area contributed by atoms with E-state index in [1.54, 1.807) is 35.1 Å². The Morgan fingerprint density at radius 3 is 2.25 bits per heavy atom. The Kier molecular flexibility index (Phi) is 5.36. The second-order valence-electron chi connectivity index (χ2n) is 6.59. The summed E-state index contributed by atoms with van der Waals surface area (Å²) >= 11 is 1.43. The Bertz CT molecular complexity index is 732. The van der Waals surface area contributed by atoms with Gasteiger partial charge in [-0.3, -0.25) is 14.8 Å². The quantitative estimate of drug-likeness (QED) is 0.585. The van der Waals surface area contributed by atoms with Gasteiger partial charge in [-0.05, 0) is 30.0 Å². The fourth-order valence-electron chi connectivity index (χ4n) is 2.36. The van der Waals surface area contributed by atoms with E-state index in [-0.39, 0.29) is 17.4 Å². The average molecular weight is 347 g/mol. The van der Waals surface area contributed by atoms with E-state index in [1.165, 1.54) is 11.3 Å². The molecule has 0 aliphatic rings. The van der Waals surface area contributed by atoms with Gasteiger partial charge in [-0.15, -0.1) is 11.3 Å². The summed E-state index contributed by atoms with van der Waals surface area (Å²) in [4.78, 5) is 28.1. The van der Waals surface area contributed by atoms with E-state index in [0.717, 1.165) is 10.6 Å². The normalized spacial score (nSPS) is 12.5. The standard InChI is InChI=1S/C17H21N3O3S/c1-10-18-13(9-24-10)16(22)19-14(17(2,3)4)11-5-7-12(8-6-11)15(21)20-23/h5-9,14,23H,1-4H3,(H,19,22)(H,20,21). The molecule has 1 aromatic carbocycles. The highest BCUT2D eigenvalue weighted by molar-refractivity contribution is 7.09. The third-order valence-corrected chi connectivity index (χ3v) is 4.37. The molecule has 0 saturated carbocycles. The van der Waals surface area contributed by atoms with Crippen LogP contribution in [0, 0.1) is 12.3 Å². The first-order valence-corrected chi connectivity index (χ1v) is 8.37. The van der Waals surface area contributed by atoms with Crippen molar-refractivity contribution in [3.05, 3.63) is 51.5 Å². The molecule has 7 heteroatoms. The maximum atomic E-state index is 12.4. The zero-order chi connectivity index (χ0) is 17.9. The minimum absolute atomic E-state index is 0.226. The van der Waals surface area contributed by atoms with Gasteiger partial charge in [0.2, 0.25) is 0 Å². The molecule has 0 saturated heterocycles. The van der Waals surface area contributed by atoms with Crippen LogP contribution in [0.5, 0.6) is 0 Å². The van der Waals surface area contributed by atoms with E-state index in [1.807, 2.05) is 27.7 Å². The van der Waals surface area contributed by atoms with E-state index in [4.69, 9.17) is 5.21 Å². The first-order chi connectivity index (χ1) is 11.2. The minimum atomic E-state index is -0.573. The zero-order valence-electron chi connectivity index (χ0n) is 14.1. The summed E-state index contributed by atoms with van der Waals surface area (Å²) < 4.78 is 0. The summed E-state index contributed by atoms with van der Waals surface area (Å²) in [6.45, 7) is 7.93. The van der Waals surface area contributed by atoms with Gasteiger partial charge in [0.1, 0.15) is 5.69 Å². The highest BCUT2D eigenvalue weighted by Crippen LogP contribution is 2.33. The molecule has 24 heavy (non-hydrogen) atoms. The molecule has 3 N–H and O–H groups in total. The molecule has 1 atom stereocenters. The van der Waals surface area contributed by atoms with Crippen molar-refractivity contribution in [2.24, 2.45) is 5.41 Å². The Morgan fingerprint density at radius 2 is 1.79 bits per heavy atom. The van der Waals surface area contributed by atoms with E-state index < -0.39 is 5.91 Å². The number of hydrogen-bond acceptors (Lipinski definition) is 5. The third-order valence-electron chi connectivity index (χ3n) is 3.60. The minimum Gasteiger partial charge on any atom is -0.343 e. The summed E-state index contributed by atoms with van der Waals surface area (Å²) in [6.07, 6.45) is 0. The van der Waals surface area contributed by atoms with E-state index in [9.17, 15) is 9.59 Å². The fraction of sp³-hybridized carbons (Fsp3) is 0.353. The van der Waals surface area contributed by atoms with E-state index >= 15 is 0 Å². The molecule has 0 aliphatic heterocycles. The van der Waals surface area contributed by atoms with Gasteiger partial charge in [0.15, 0.2) is 0 Å². The van der Waals surface area contributed by atoms with Crippen molar-refractivity contribution in [1.29, 1.82) is 0 Å². The van der Waals surface area contributed by atoms with Crippen molar-refractivity contribution in [2.45, 2.75) is 33.7 Å². The van der Waals surface area contributed by atoms with Crippen LogP contribution in [0.25, 0.3) is 0 Å². The number of rotatable bonds is 4. The van der Waals surface area contributed by atoms with Crippen LogP contribution < -0.4 is 10.8 Å². The number of aromatic nitrogens is 1. The van der Waals surface area contributed by atoms with Crippen molar-refractivity contribution in [1.82, 2.24) is 15.8 Å². The molecule has 1 unspecified atom stereocenters. The SMILES string of the molecule is Cc1nc(C(=O)NC(c2ccc(C(=O)NO)cc2)C(C)(C)C)cs1. The second-order valence-corrected chi connectivity index (χ2v) is 7.65. The molecule has 0 bridgehead atoms. The van der Waals surface area contributed by atoms with Crippen molar-refractivity contribution in [3.63, 3.8) is 0 Å². The van der Waals surface area contributed by atoms with Gasteiger partial charge in [0.25, 0.3) is 11.8 Å². The summed E-state index contributed by atoms with van der Waals surface area (Å²) in [5, 5.41) is 14.3. The number of aryl methyl sites for hydroxylation is 1. The number of nitrogens with one attached hydrogen (secondary N) is 2. The lowest BCUT2D eigenvalue weighted by Crippen LogP contribution is -2.36. The fourth-order valence-corrected chi connectivity index (χ4v) is 2.96. The van der Waals surface area contributed by atoms with Crippen LogP contribution in [0.15, 0.2) is 29.6 Å². The summed E-state index contributed by atoms with van der Waals surface area (Å²) in [6, 6.07) is 6.51. The molecule has 0 spiro atoms. The maximum absolute atomic E-state index is 12.4. The first kappa shape index (κ1) is 18.1. The Hall–Kier alpha value is -2.25. The Labute approximate surface area is 144 Å². The summed E-state index contributed by atoms with van der Waals surface area (Å²) in [5.74, 6) is -0.799. The summed E-state index contributed by atoms with van der Waals surface area (Å²) in [7, 11) is 0. The van der Waals surface area contributed by atoms with Gasteiger partial charge in [-0.2, -0.15) is 0 Å². The lowest BCUT2D eigenvalue weighted by Gasteiger charge is -2.32. The molecule has 2 rings (SSSR count). The highest BCUT2D eigenvalue weighted by atomic mass is 32.1. The molecular formula is C17H21N3O3S. The van der Waals surface area contributed by atoms with E-state index in [0.29, 0.717) is 11.3 Å². The lowest BCUT2D eigenvalue weighted by molar-refractivity contribution is 0.0706. The smallest absolute Gasteiger partial charge is 0.274 e. The molecule has 1 heterocycles. The zero-order valence-corrected chi connectivity index (χ0v) is 14.9. The van der Waals surface area contributed by atoms with Crippen LogP contribution in [0.4, 0.5) is 0 Å². The Balaban J connectivity index is 2.26. The summed E-state index contributed by atoms with van der Waals surface area (Å²) in [5.41, 5.74) is 2.99. The van der Waals surface area contributed by atoms with E-state index in [2.05, 4.69) is 10.3 Å². The van der Waals surface area contributed by atoms with Crippen molar-refractivity contribution in [3.8, 4) is 0 Å². The molecular weight excluding hydrogens is 326 g/mol. The number of hydroxylamine groups is 1. The van der Waals surface area contributed by atoms with Crippen LogP contribution in [-0.2, 0) is 0 Å². The van der Waals surface area contributed by atoms with Crippen molar-refractivity contribution < 1.29 is 14.8 Å². The molecule has 0 aliphatic carbocycles. The van der Waals surface area contributed by atoms with Gasteiger partial charge in [-0.1, -0.05) is 32.9 Å². The molecule has 128 valence electrons. The monoisotopic (exact) mass is 347 g/mol. The number of amides is 2. The van der Waals surface area contributed by atoms with Crippen LogP contribution >= 0.6 is 11.3 Å². The lowest BCUT2D eigenvalue weighted by atomic mass is 9.82. The van der Waals surface area contributed by atoms with Gasteiger partial charge in [0, 0.05) is 10.9 Å². The number of carbonyl (C=O) groups is 2. The number of thiazole rings is 1. The van der Waals surface area contributed by atoms with Gasteiger partial charge in [0.05, 0.1) is 11.0 Å².